The van der Waals surface area contributed by atoms with Gasteiger partial charge in [-0.2, -0.15) is 0 Å². The summed E-state index contributed by atoms with van der Waals surface area (Å²) < 4.78 is 33.4. The number of nitrogens with one attached hydrogen (secondary N) is 2. The van der Waals surface area contributed by atoms with Gasteiger partial charge >= 0.3 is 0 Å². The third-order valence-electron chi connectivity index (χ3n) is 4.95. The van der Waals surface area contributed by atoms with E-state index in [-0.39, 0.29) is 17.2 Å². The van der Waals surface area contributed by atoms with Crippen molar-refractivity contribution in [2.45, 2.75) is 25.2 Å². The number of fused-ring (bicyclic) bond motifs is 1. The number of aryl methyl sites for hydroxylation is 2. The van der Waals surface area contributed by atoms with E-state index in [0.717, 1.165) is 16.5 Å². The number of amides is 1. The maximum absolute atomic E-state index is 12.8. The highest BCUT2D eigenvalue weighted by molar-refractivity contribution is 7.92. The number of anilines is 2. The Morgan fingerprint density at radius 2 is 1.61 bits per heavy atom. The van der Waals surface area contributed by atoms with Gasteiger partial charge in [0, 0.05) is 11.1 Å². The number of hydrogen-bond donors (Lipinski definition) is 2. The third kappa shape index (κ3) is 4.44. The Morgan fingerprint density at radius 3 is 2.32 bits per heavy atom. The van der Waals surface area contributed by atoms with Crippen LogP contribution >= 0.6 is 0 Å². The average Bonchev–Trinajstić information content (AvgIpc) is 3.14. The first kappa shape index (κ1) is 20.6. The van der Waals surface area contributed by atoms with Gasteiger partial charge in [0.2, 0.25) is 5.91 Å². The maximum Gasteiger partial charge on any atom is 0.261 e. The monoisotopic (exact) mass is 435 g/mol. The fourth-order valence-electron chi connectivity index (χ4n) is 3.31. The van der Waals surface area contributed by atoms with E-state index < -0.39 is 10.0 Å². The molecule has 158 valence electrons. The fourth-order valence-corrected chi connectivity index (χ4v) is 4.51. The summed E-state index contributed by atoms with van der Waals surface area (Å²) in [5.41, 5.74) is 3.91. The lowest BCUT2D eigenvalue weighted by atomic mass is 10.1. The first-order valence-electron chi connectivity index (χ1n) is 9.66. The zero-order valence-corrected chi connectivity index (χ0v) is 17.9. The summed E-state index contributed by atoms with van der Waals surface area (Å²) in [6, 6.07) is 18.9. The molecule has 0 saturated carbocycles. The number of para-hydroxylation sites is 2. The Morgan fingerprint density at radius 1 is 0.935 bits per heavy atom. The van der Waals surface area contributed by atoms with E-state index in [4.69, 9.17) is 4.52 Å². The van der Waals surface area contributed by atoms with Gasteiger partial charge in [-0.1, -0.05) is 35.5 Å². The molecular weight excluding hydrogens is 414 g/mol. The normalized spacial score (nSPS) is 11.4. The van der Waals surface area contributed by atoms with Crippen LogP contribution in [0, 0.1) is 13.8 Å². The largest absolute Gasteiger partial charge is 0.356 e. The molecule has 3 aromatic carbocycles. The first-order valence-corrected chi connectivity index (χ1v) is 11.1. The molecule has 4 rings (SSSR count). The molecule has 0 aliphatic heterocycles. The van der Waals surface area contributed by atoms with Crippen LogP contribution in [0.4, 0.5) is 11.4 Å². The minimum atomic E-state index is -3.75. The van der Waals surface area contributed by atoms with Gasteiger partial charge in [0.25, 0.3) is 10.0 Å². The van der Waals surface area contributed by atoms with Crippen molar-refractivity contribution in [3.63, 3.8) is 0 Å². The quantitative estimate of drug-likeness (QED) is 0.467. The van der Waals surface area contributed by atoms with Crippen LogP contribution < -0.4 is 10.0 Å². The van der Waals surface area contributed by atoms with E-state index in [1.54, 1.807) is 18.2 Å². The molecule has 31 heavy (non-hydrogen) atoms. The molecule has 0 bridgehead atoms. The van der Waals surface area contributed by atoms with E-state index in [1.807, 2.05) is 50.2 Å². The number of aromatic nitrogens is 1. The van der Waals surface area contributed by atoms with Crippen molar-refractivity contribution < 1.29 is 17.7 Å². The second kappa shape index (κ2) is 8.23. The van der Waals surface area contributed by atoms with Gasteiger partial charge in [-0.05, 0) is 61.4 Å². The van der Waals surface area contributed by atoms with Gasteiger partial charge in [-0.15, -0.1) is 0 Å². The summed E-state index contributed by atoms with van der Waals surface area (Å²) in [4.78, 5) is 12.5. The Labute approximate surface area is 180 Å². The lowest BCUT2D eigenvalue weighted by molar-refractivity contribution is -0.115. The summed E-state index contributed by atoms with van der Waals surface area (Å²) in [5, 5.41) is 7.50. The summed E-state index contributed by atoms with van der Waals surface area (Å²) in [5.74, 6) is -0.275. The molecule has 0 aliphatic carbocycles. The maximum atomic E-state index is 12.8. The molecule has 1 amide bonds. The van der Waals surface area contributed by atoms with Gasteiger partial charge in [0.05, 0.1) is 17.0 Å². The van der Waals surface area contributed by atoms with E-state index in [0.29, 0.717) is 22.7 Å². The summed E-state index contributed by atoms with van der Waals surface area (Å²) >= 11 is 0. The van der Waals surface area contributed by atoms with Crippen molar-refractivity contribution in [2.75, 3.05) is 10.0 Å². The van der Waals surface area contributed by atoms with Crippen LogP contribution in [0.2, 0.25) is 0 Å². The van der Waals surface area contributed by atoms with Crippen LogP contribution in [0.25, 0.3) is 11.0 Å². The van der Waals surface area contributed by atoms with Crippen molar-refractivity contribution in [3.8, 4) is 0 Å². The molecular formula is C23H21N3O4S. The van der Waals surface area contributed by atoms with Gasteiger partial charge < -0.3 is 9.84 Å². The number of hydrogen-bond acceptors (Lipinski definition) is 5. The van der Waals surface area contributed by atoms with Crippen molar-refractivity contribution in [1.82, 2.24) is 5.16 Å². The number of nitrogens with zero attached hydrogens (tertiary/aromatic N) is 1. The SMILES string of the molecule is Cc1cccc(C)c1NS(=O)(=O)c1ccc(NC(=O)Cc2noc3ccccc23)cc1. The van der Waals surface area contributed by atoms with E-state index in [1.165, 1.54) is 12.1 Å². The molecule has 1 aromatic heterocycles. The summed E-state index contributed by atoms with van der Waals surface area (Å²) in [7, 11) is -3.75. The molecule has 0 spiro atoms. The highest BCUT2D eigenvalue weighted by atomic mass is 32.2. The minimum absolute atomic E-state index is 0.0468. The molecule has 0 radical (unpaired) electrons. The lowest BCUT2D eigenvalue weighted by Crippen LogP contribution is -2.16. The predicted octanol–water partition coefficient (Wildman–Crippen LogP) is 4.43. The minimum Gasteiger partial charge on any atom is -0.356 e. The van der Waals surface area contributed by atoms with E-state index in [9.17, 15) is 13.2 Å². The van der Waals surface area contributed by atoms with Gasteiger partial charge in [-0.25, -0.2) is 8.42 Å². The van der Waals surface area contributed by atoms with Crippen LogP contribution in [0.1, 0.15) is 16.8 Å². The smallest absolute Gasteiger partial charge is 0.261 e. The number of carbonyl (C=O) groups is 1. The Bertz CT molecular complexity index is 1340. The van der Waals surface area contributed by atoms with Crippen molar-refractivity contribution in [3.05, 3.63) is 83.6 Å². The van der Waals surface area contributed by atoms with Gasteiger partial charge in [-0.3, -0.25) is 9.52 Å². The van der Waals surface area contributed by atoms with E-state index >= 15 is 0 Å². The number of carbonyl (C=O) groups excluding carboxylic acids is 1. The second-order valence-electron chi connectivity index (χ2n) is 7.25. The standard InChI is InChI=1S/C23H21N3O4S/c1-15-6-5-7-16(2)23(15)26-31(28,29)18-12-10-17(11-13-18)24-22(27)14-20-19-8-3-4-9-21(19)30-25-20/h3-13,26H,14H2,1-2H3,(H,24,27). The first-order chi connectivity index (χ1) is 14.8. The molecule has 4 aromatic rings. The molecule has 7 nitrogen and oxygen atoms in total. The molecule has 0 saturated heterocycles. The summed E-state index contributed by atoms with van der Waals surface area (Å²) in [6.07, 6.45) is 0.0468. The van der Waals surface area contributed by atoms with Crippen LogP contribution in [-0.2, 0) is 21.2 Å². The van der Waals surface area contributed by atoms with Crippen LogP contribution in [0.3, 0.4) is 0 Å². The molecule has 0 aliphatic rings. The van der Waals surface area contributed by atoms with Crippen LogP contribution in [-0.4, -0.2) is 19.5 Å². The molecule has 0 atom stereocenters. The topological polar surface area (TPSA) is 101 Å². The predicted molar refractivity (Wildman–Crippen MR) is 120 cm³/mol. The Balaban J connectivity index is 1.45. The van der Waals surface area contributed by atoms with Crippen molar-refractivity contribution in [1.29, 1.82) is 0 Å². The van der Waals surface area contributed by atoms with Crippen LogP contribution in [0.5, 0.6) is 0 Å². The lowest BCUT2D eigenvalue weighted by Gasteiger charge is -2.13. The zero-order valence-electron chi connectivity index (χ0n) is 17.0. The second-order valence-corrected chi connectivity index (χ2v) is 8.93. The zero-order chi connectivity index (χ0) is 22.0. The Kier molecular flexibility index (Phi) is 5.48. The molecule has 2 N–H and O–H groups in total. The third-order valence-corrected chi connectivity index (χ3v) is 6.31. The van der Waals surface area contributed by atoms with Crippen molar-refractivity contribution >= 4 is 38.3 Å². The fraction of sp³-hybridized carbons (Fsp3) is 0.130. The van der Waals surface area contributed by atoms with Crippen molar-refractivity contribution in [2.24, 2.45) is 0 Å². The van der Waals surface area contributed by atoms with Crippen LogP contribution in [0.15, 0.2) is 76.1 Å². The van der Waals surface area contributed by atoms with Gasteiger partial charge in [0.15, 0.2) is 5.58 Å². The molecule has 1 heterocycles. The summed E-state index contributed by atoms with van der Waals surface area (Å²) in [6.45, 7) is 3.70. The highest BCUT2D eigenvalue weighted by Crippen LogP contribution is 2.24. The molecule has 0 fully saturated rings. The average molecular weight is 436 g/mol. The number of rotatable bonds is 6. The number of sulfonamides is 1. The Hall–Kier alpha value is -3.65. The molecule has 0 unspecified atom stereocenters. The highest BCUT2D eigenvalue weighted by Gasteiger charge is 2.17. The number of benzene rings is 3. The molecule has 8 heteroatoms. The van der Waals surface area contributed by atoms with E-state index in [2.05, 4.69) is 15.2 Å². The van der Waals surface area contributed by atoms with Gasteiger partial charge in [0.1, 0.15) is 5.69 Å².